The fraction of sp³-hybridized carbons (Fsp3) is 0.111. The molecule has 0 amide bonds. The molecule has 1 atom stereocenters. The summed E-state index contributed by atoms with van der Waals surface area (Å²) in [4.78, 5) is 2.57. The zero-order valence-corrected chi connectivity index (χ0v) is 31.3. The van der Waals surface area contributed by atoms with E-state index in [1.165, 1.54) is 106 Å². The number of hydrogen-bond acceptors (Lipinski definition) is 1. The van der Waals surface area contributed by atoms with Crippen LogP contribution in [0.4, 0.5) is 17.1 Å². The summed E-state index contributed by atoms with van der Waals surface area (Å²) in [6.45, 7) is 7.13. The first kappa shape index (κ1) is 31.0. The van der Waals surface area contributed by atoms with Crippen molar-refractivity contribution in [1.29, 1.82) is 0 Å². The maximum atomic E-state index is 2.57. The van der Waals surface area contributed by atoms with E-state index in [1.54, 1.807) is 0 Å². The minimum atomic E-state index is -0.415. The molecule has 4 aliphatic rings. The van der Waals surface area contributed by atoms with Gasteiger partial charge in [-0.1, -0.05) is 166 Å². The maximum Gasteiger partial charge on any atom is 0.0726 e. The molecule has 0 fully saturated rings. The molecular weight excluding hydrogens is 663 g/mol. The van der Waals surface area contributed by atoms with Gasteiger partial charge in [-0.15, -0.1) is 0 Å². The summed E-state index contributed by atoms with van der Waals surface area (Å²) in [5.74, 6) is 0.318. The topological polar surface area (TPSA) is 3.24 Å². The van der Waals surface area contributed by atoms with Crippen molar-refractivity contribution in [2.24, 2.45) is 0 Å². The lowest BCUT2D eigenvalue weighted by molar-refractivity contribution is 0.660. The highest BCUT2D eigenvalue weighted by Crippen LogP contribution is 2.64. The molecule has 260 valence electrons. The molecule has 1 spiro atoms. The van der Waals surface area contributed by atoms with E-state index in [1.807, 2.05) is 0 Å². The second kappa shape index (κ2) is 10.8. The summed E-state index contributed by atoms with van der Waals surface area (Å²) in [7, 11) is 0. The van der Waals surface area contributed by atoms with Gasteiger partial charge in [0.25, 0.3) is 0 Å². The predicted molar refractivity (Wildman–Crippen MR) is 228 cm³/mol. The second-order valence-electron chi connectivity index (χ2n) is 16.4. The average molecular weight is 702 g/mol. The van der Waals surface area contributed by atoms with Crippen molar-refractivity contribution in [3.63, 3.8) is 0 Å². The predicted octanol–water partition coefficient (Wildman–Crippen LogP) is 13.9. The van der Waals surface area contributed by atoms with Crippen LogP contribution in [0.3, 0.4) is 0 Å². The maximum absolute atomic E-state index is 2.57. The number of nitrogens with zero attached hydrogens (tertiary/aromatic N) is 1. The minimum absolute atomic E-state index is 0.109. The molecule has 0 radical (unpaired) electrons. The largest absolute Gasteiger partial charge is 0.310 e. The molecule has 8 aromatic rings. The highest BCUT2D eigenvalue weighted by molar-refractivity contribution is 5.99. The summed E-state index contributed by atoms with van der Waals surface area (Å²) < 4.78 is 0. The SMILES string of the molecule is CC1c2ccccc2-c2ccc(N(c3ccc4c(c3)C3(c5ccccc5-c5ccccc53)c3ccccc3-4)c3cccc4c3-c3ccccc3C4(C)C)cc21. The van der Waals surface area contributed by atoms with Crippen LogP contribution < -0.4 is 4.90 Å². The van der Waals surface area contributed by atoms with Crippen LogP contribution in [-0.2, 0) is 10.8 Å². The number of rotatable bonds is 3. The number of benzene rings is 8. The second-order valence-corrected chi connectivity index (χ2v) is 16.4. The summed E-state index contributed by atoms with van der Waals surface area (Å²) in [6, 6.07) is 66.8. The third-order valence-corrected chi connectivity index (χ3v) is 13.5. The molecule has 0 N–H and O–H groups in total. The molecule has 1 heteroatoms. The molecule has 0 saturated carbocycles. The van der Waals surface area contributed by atoms with Gasteiger partial charge >= 0.3 is 0 Å². The molecule has 8 aromatic carbocycles. The van der Waals surface area contributed by atoms with Gasteiger partial charge in [0.15, 0.2) is 0 Å². The van der Waals surface area contributed by atoms with Gasteiger partial charge in [-0.05, 0) is 114 Å². The van der Waals surface area contributed by atoms with E-state index >= 15 is 0 Å². The lowest BCUT2D eigenvalue weighted by atomic mass is 9.70. The van der Waals surface area contributed by atoms with Crippen LogP contribution >= 0.6 is 0 Å². The highest BCUT2D eigenvalue weighted by atomic mass is 15.1. The van der Waals surface area contributed by atoms with E-state index < -0.39 is 5.41 Å². The quantitative estimate of drug-likeness (QED) is 0.177. The first-order valence-electron chi connectivity index (χ1n) is 19.7. The average Bonchev–Trinajstić information content (AvgIpc) is 3.88. The molecular formula is C54H39N. The van der Waals surface area contributed by atoms with Crippen molar-refractivity contribution in [3.05, 3.63) is 220 Å². The lowest BCUT2D eigenvalue weighted by Crippen LogP contribution is -2.26. The molecule has 1 nitrogen and oxygen atoms in total. The monoisotopic (exact) mass is 701 g/mol. The van der Waals surface area contributed by atoms with E-state index in [2.05, 4.69) is 202 Å². The van der Waals surface area contributed by atoms with Gasteiger partial charge < -0.3 is 4.90 Å². The van der Waals surface area contributed by atoms with E-state index in [9.17, 15) is 0 Å². The fourth-order valence-corrected chi connectivity index (χ4v) is 11.2. The van der Waals surface area contributed by atoms with Gasteiger partial charge in [0, 0.05) is 28.3 Å². The van der Waals surface area contributed by atoms with Gasteiger partial charge in [0.2, 0.25) is 0 Å². The van der Waals surface area contributed by atoms with E-state index in [0.29, 0.717) is 5.92 Å². The van der Waals surface area contributed by atoms with Crippen molar-refractivity contribution in [1.82, 2.24) is 0 Å². The third kappa shape index (κ3) is 3.83. The van der Waals surface area contributed by atoms with Crippen molar-refractivity contribution in [2.75, 3.05) is 4.90 Å². The van der Waals surface area contributed by atoms with Crippen LogP contribution in [0.5, 0.6) is 0 Å². The highest BCUT2D eigenvalue weighted by Gasteiger charge is 2.51. The van der Waals surface area contributed by atoms with Gasteiger partial charge in [0.1, 0.15) is 0 Å². The Kier molecular flexibility index (Phi) is 6.10. The molecule has 0 aromatic heterocycles. The summed E-state index contributed by atoms with van der Waals surface area (Å²) in [5, 5.41) is 0. The molecule has 0 aliphatic heterocycles. The molecule has 4 aliphatic carbocycles. The van der Waals surface area contributed by atoms with Crippen LogP contribution in [0.15, 0.2) is 176 Å². The van der Waals surface area contributed by atoms with Gasteiger partial charge in [-0.3, -0.25) is 0 Å². The molecule has 0 saturated heterocycles. The Morgan fingerprint density at radius 3 is 1.51 bits per heavy atom. The lowest BCUT2D eigenvalue weighted by Gasteiger charge is -2.33. The van der Waals surface area contributed by atoms with E-state index in [4.69, 9.17) is 0 Å². The minimum Gasteiger partial charge on any atom is -0.310 e. The number of fused-ring (bicyclic) bond motifs is 16. The first-order valence-corrected chi connectivity index (χ1v) is 19.7. The standard InChI is InChI=1S/C54H39N/c1-33-36-15-4-5-16-37(36)38-29-27-34(31-44(33)38)55(51-26-14-25-49-52(51)43-20-9-10-21-45(43)53(49,2)3)35-28-30-42-41-19-8-13-24-48(41)54(50(42)32-35)46-22-11-6-17-39(46)40-18-7-12-23-47(40)54/h4-33H,1-3H3. The Bertz CT molecular complexity index is 2880. The molecule has 12 rings (SSSR count). The molecule has 55 heavy (non-hydrogen) atoms. The summed E-state index contributed by atoms with van der Waals surface area (Å²) in [5.41, 5.74) is 24.7. The van der Waals surface area contributed by atoms with Crippen LogP contribution in [-0.4, -0.2) is 0 Å². The zero-order valence-electron chi connectivity index (χ0n) is 31.3. The summed E-state index contributed by atoms with van der Waals surface area (Å²) >= 11 is 0. The molecule has 0 heterocycles. The smallest absolute Gasteiger partial charge is 0.0726 e. The van der Waals surface area contributed by atoms with Crippen LogP contribution in [0.1, 0.15) is 71.2 Å². The Balaban J connectivity index is 1.15. The normalized spacial score (nSPS) is 16.4. The van der Waals surface area contributed by atoms with Crippen molar-refractivity contribution >= 4 is 17.1 Å². The zero-order chi connectivity index (χ0) is 36.6. The van der Waals surface area contributed by atoms with Crippen molar-refractivity contribution in [2.45, 2.75) is 37.5 Å². The van der Waals surface area contributed by atoms with Crippen molar-refractivity contribution in [3.8, 4) is 44.5 Å². The van der Waals surface area contributed by atoms with Crippen LogP contribution in [0.2, 0.25) is 0 Å². The van der Waals surface area contributed by atoms with Gasteiger partial charge in [-0.2, -0.15) is 0 Å². The Labute approximate surface area is 323 Å². The van der Waals surface area contributed by atoms with Crippen LogP contribution in [0, 0.1) is 0 Å². The molecule has 0 bridgehead atoms. The van der Waals surface area contributed by atoms with Crippen LogP contribution in [0.25, 0.3) is 44.5 Å². The first-order chi connectivity index (χ1) is 27.0. The summed E-state index contributed by atoms with van der Waals surface area (Å²) in [6.07, 6.45) is 0. The van der Waals surface area contributed by atoms with Gasteiger partial charge in [-0.25, -0.2) is 0 Å². The fourth-order valence-electron chi connectivity index (χ4n) is 11.2. The van der Waals surface area contributed by atoms with Gasteiger partial charge in [0.05, 0.1) is 11.1 Å². The van der Waals surface area contributed by atoms with Crippen molar-refractivity contribution < 1.29 is 0 Å². The Hall–Kier alpha value is -6.44. The Morgan fingerprint density at radius 2 is 0.855 bits per heavy atom. The number of anilines is 3. The number of hydrogen-bond donors (Lipinski definition) is 0. The van der Waals surface area contributed by atoms with E-state index in [0.717, 1.165) is 0 Å². The third-order valence-electron chi connectivity index (χ3n) is 13.5. The van der Waals surface area contributed by atoms with E-state index in [-0.39, 0.29) is 5.41 Å². The Morgan fingerprint density at radius 1 is 0.382 bits per heavy atom. The molecule has 1 unspecified atom stereocenters.